The molecule has 1 aromatic heterocycles. The van der Waals surface area contributed by atoms with Gasteiger partial charge in [-0.15, -0.1) is 0 Å². The highest BCUT2D eigenvalue weighted by molar-refractivity contribution is 5.88. The molecule has 0 aliphatic rings. The van der Waals surface area contributed by atoms with Gasteiger partial charge >= 0.3 is 0 Å². The first-order valence-electron chi connectivity index (χ1n) is 6.00. The number of rotatable bonds is 1. The van der Waals surface area contributed by atoms with E-state index in [1.807, 2.05) is 0 Å². The molecule has 20 heavy (non-hydrogen) atoms. The Kier molecular flexibility index (Phi) is 3.61. The standard InChI is InChI=1S/C15H16O5/c1-8-4-13(17)14(18)15-12(8)7-10(16)6-11(19-3)5-9(2)20-15/h4-7,16-18H,1-3H3. The second-order valence-corrected chi connectivity index (χ2v) is 4.48. The number of phenols is 2. The molecule has 0 radical (unpaired) electrons. The van der Waals surface area contributed by atoms with Crippen molar-refractivity contribution in [3.05, 3.63) is 35.6 Å². The van der Waals surface area contributed by atoms with Gasteiger partial charge in [0.1, 0.15) is 17.3 Å². The molecule has 0 aliphatic heterocycles. The third-order valence-electron chi connectivity index (χ3n) is 2.91. The van der Waals surface area contributed by atoms with Gasteiger partial charge in [0.05, 0.1) is 7.11 Å². The van der Waals surface area contributed by atoms with Crippen LogP contribution in [0.5, 0.6) is 23.0 Å². The van der Waals surface area contributed by atoms with Gasteiger partial charge in [-0.2, -0.15) is 0 Å². The second-order valence-electron chi connectivity index (χ2n) is 4.48. The zero-order chi connectivity index (χ0) is 14.9. The summed E-state index contributed by atoms with van der Waals surface area (Å²) in [6.07, 6.45) is 0. The zero-order valence-corrected chi connectivity index (χ0v) is 11.5. The van der Waals surface area contributed by atoms with Crippen LogP contribution in [0, 0.1) is 13.8 Å². The van der Waals surface area contributed by atoms with Crippen LogP contribution in [0.2, 0.25) is 0 Å². The molecule has 1 heterocycles. The highest BCUT2D eigenvalue weighted by Gasteiger charge is 2.10. The monoisotopic (exact) mass is 276 g/mol. The van der Waals surface area contributed by atoms with Gasteiger partial charge in [-0.05, 0) is 31.5 Å². The van der Waals surface area contributed by atoms with Crippen LogP contribution >= 0.6 is 0 Å². The summed E-state index contributed by atoms with van der Waals surface area (Å²) in [7, 11) is 1.47. The number of aromatic hydroxyl groups is 3. The molecule has 106 valence electrons. The average molecular weight is 276 g/mol. The first-order valence-corrected chi connectivity index (χ1v) is 6.00. The highest BCUT2D eigenvalue weighted by atomic mass is 16.5. The first-order chi connectivity index (χ1) is 9.42. The van der Waals surface area contributed by atoms with Gasteiger partial charge in [-0.1, -0.05) is 0 Å². The summed E-state index contributed by atoms with van der Waals surface area (Å²) in [6, 6.07) is 5.85. The number of phenolic OH excluding ortho intramolecular Hbond substituents is 2. The van der Waals surface area contributed by atoms with E-state index in [-0.39, 0.29) is 22.8 Å². The Morgan fingerprint density at radius 3 is 2.35 bits per heavy atom. The molecule has 0 saturated carbocycles. The Bertz CT molecular complexity index is 714. The van der Waals surface area contributed by atoms with E-state index in [1.54, 1.807) is 19.9 Å². The third kappa shape index (κ3) is 2.56. The molecule has 5 nitrogen and oxygen atoms in total. The van der Waals surface area contributed by atoms with E-state index in [2.05, 4.69) is 0 Å². The number of benzene rings is 1. The lowest BCUT2D eigenvalue weighted by molar-refractivity contribution is 0.396. The van der Waals surface area contributed by atoms with Gasteiger partial charge in [0.15, 0.2) is 11.3 Å². The molecule has 0 aliphatic carbocycles. The largest absolute Gasteiger partial charge is 0.508 e. The summed E-state index contributed by atoms with van der Waals surface area (Å²) < 4.78 is 10.7. The molecule has 5 heteroatoms. The maximum absolute atomic E-state index is 9.94. The molecule has 0 bridgehead atoms. The highest BCUT2D eigenvalue weighted by Crippen LogP contribution is 2.36. The van der Waals surface area contributed by atoms with Crippen LogP contribution in [0.15, 0.2) is 28.7 Å². The summed E-state index contributed by atoms with van der Waals surface area (Å²) in [5.41, 5.74) is 0.748. The molecule has 2 aromatic rings. The van der Waals surface area contributed by atoms with E-state index >= 15 is 0 Å². The van der Waals surface area contributed by atoms with Gasteiger partial charge in [-0.25, -0.2) is 0 Å². The molecule has 0 saturated heterocycles. The molecule has 0 amide bonds. The third-order valence-corrected chi connectivity index (χ3v) is 2.91. The first kappa shape index (κ1) is 13.9. The summed E-state index contributed by atoms with van der Waals surface area (Å²) in [5, 5.41) is 30.0. The number of ether oxygens (including phenoxy) is 1. The summed E-state index contributed by atoms with van der Waals surface area (Å²) in [4.78, 5) is 0. The summed E-state index contributed by atoms with van der Waals surface area (Å²) >= 11 is 0. The Balaban J connectivity index is 3.04. The van der Waals surface area contributed by atoms with Gasteiger partial charge < -0.3 is 24.5 Å². The maximum Gasteiger partial charge on any atom is 0.201 e. The topological polar surface area (TPSA) is 83.1 Å². The molecule has 0 fully saturated rings. The van der Waals surface area contributed by atoms with E-state index in [9.17, 15) is 15.3 Å². The minimum Gasteiger partial charge on any atom is -0.508 e. The fourth-order valence-corrected chi connectivity index (χ4v) is 1.94. The predicted molar refractivity (Wildman–Crippen MR) is 74.9 cm³/mol. The van der Waals surface area contributed by atoms with Crippen LogP contribution in [0.4, 0.5) is 0 Å². The van der Waals surface area contributed by atoms with Crippen LogP contribution < -0.4 is 4.74 Å². The van der Waals surface area contributed by atoms with E-state index in [0.29, 0.717) is 22.5 Å². The Morgan fingerprint density at radius 1 is 1.00 bits per heavy atom. The number of methoxy groups -OCH3 is 1. The second kappa shape index (κ2) is 5.21. The SMILES string of the molecule is COc1cc(O)cc2c(C)cc(O)c(O)c2oc(C)c1. The van der Waals surface area contributed by atoms with Crippen molar-refractivity contribution in [2.45, 2.75) is 13.8 Å². The zero-order valence-electron chi connectivity index (χ0n) is 11.5. The van der Waals surface area contributed by atoms with Crippen LogP contribution in [-0.4, -0.2) is 22.4 Å². The lowest BCUT2D eigenvalue weighted by atomic mass is 10.1. The van der Waals surface area contributed by atoms with Crippen molar-refractivity contribution in [1.29, 1.82) is 0 Å². The van der Waals surface area contributed by atoms with Crippen molar-refractivity contribution in [3.8, 4) is 23.0 Å². The molecule has 0 unspecified atom stereocenters. The quantitative estimate of drug-likeness (QED) is 0.696. The van der Waals surface area contributed by atoms with Gasteiger partial charge in [0.25, 0.3) is 0 Å². The average Bonchev–Trinajstić information content (AvgIpc) is 2.44. The molecule has 1 aromatic carbocycles. The molecule has 3 N–H and O–H groups in total. The van der Waals surface area contributed by atoms with Crippen LogP contribution in [0.25, 0.3) is 11.0 Å². The number of hydrogen-bond donors (Lipinski definition) is 3. The van der Waals surface area contributed by atoms with Gasteiger partial charge in [0.2, 0.25) is 5.75 Å². The predicted octanol–water partition coefficient (Wildman–Crippen LogP) is 3.30. The van der Waals surface area contributed by atoms with Gasteiger partial charge in [0, 0.05) is 17.5 Å². The molecule has 0 atom stereocenters. The number of hydrogen-bond acceptors (Lipinski definition) is 5. The number of aryl methyl sites for hydroxylation is 2. The van der Waals surface area contributed by atoms with E-state index in [1.165, 1.54) is 25.3 Å². The minimum atomic E-state index is -0.372. The lowest BCUT2D eigenvalue weighted by Crippen LogP contribution is -1.80. The molecule has 2 rings (SSSR count). The molecule has 0 spiro atoms. The van der Waals surface area contributed by atoms with Crippen molar-refractivity contribution in [2.24, 2.45) is 0 Å². The van der Waals surface area contributed by atoms with Crippen molar-refractivity contribution in [1.82, 2.24) is 0 Å². The van der Waals surface area contributed by atoms with Crippen LogP contribution in [0.3, 0.4) is 0 Å². The van der Waals surface area contributed by atoms with Crippen LogP contribution in [-0.2, 0) is 0 Å². The van der Waals surface area contributed by atoms with Gasteiger partial charge in [-0.3, -0.25) is 0 Å². The fraction of sp³-hybridized carbons (Fsp3) is 0.200. The Hall–Kier alpha value is -2.56. The summed E-state index contributed by atoms with van der Waals surface area (Å²) in [6.45, 7) is 3.42. The molecular weight excluding hydrogens is 260 g/mol. The fourth-order valence-electron chi connectivity index (χ4n) is 1.94. The molecular formula is C15H16O5. The van der Waals surface area contributed by atoms with Crippen molar-refractivity contribution >= 4 is 11.0 Å². The van der Waals surface area contributed by atoms with E-state index in [4.69, 9.17) is 9.15 Å². The Labute approximate surface area is 116 Å². The van der Waals surface area contributed by atoms with Crippen molar-refractivity contribution in [3.63, 3.8) is 0 Å². The summed E-state index contributed by atoms with van der Waals surface area (Å²) in [5.74, 6) is 0.156. The smallest absolute Gasteiger partial charge is 0.201 e. The van der Waals surface area contributed by atoms with E-state index < -0.39 is 0 Å². The van der Waals surface area contributed by atoms with Crippen molar-refractivity contribution in [2.75, 3.05) is 7.11 Å². The van der Waals surface area contributed by atoms with E-state index in [0.717, 1.165) is 0 Å². The maximum atomic E-state index is 9.94. The minimum absolute atomic E-state index is 0.0501. The number of fused-ring (bicyclic) bond motifs is 1. The normalized spacial score (nSPS) is 10.3. The lowest BCUT2D eigenvalue weighted by Gasteiger charge is -2.04. The van der Waals surface area contributed by atoms with Crippen molar-refractivity contribution < 1.29 is 24.5 Å². The van der Waals surface area contributed by atoms with Crippen LogP contribution in [0.1, 0.15) is 11.3 Å². The Morgan fingerprint density at radius 2 is 1.70 bits per heavy atom.